The van der Waals surface area contributed by atoms with E-state index in [9.17, 15) is 0 Å². The highest BCUT2D eigenvalue weighted by Crippen LogP contribution is 2.21. The molecule has 13 heavy (non-hydrogen) atoms. The largest absolute Gasteiger partial charge is 0.361 e. The van der Waals surface area contributed by atoms with E-state index in [1.807, 2.05) is 0 Å². The lowest BCUT2D eigenvalue weighted by Crippen LogP contribution is -2.41. The number of nitrogens with one attached hydrogen (secondary N) is 2. The van der Waals surface area contributed by atoms with Gasteiger partial charge in [-0.15, -0.1) is 0 Å². The quantitative estimate of drug-likeness (QED) is 0.273. The first kappa shape index (κ1) is 10.7. The molecule has 4 N–H and O–H groups in total. The Morgan fingerprint density at radius 1 is 1.23 bits per heavy atom. The molecule has 1 aliphatic rings. The maximum absolute atomic E-state index is 5.16. The molecule has 0 aliphatic heterocycles. The van der Waals surface area contributed by atoms with E-state index in [2.05, 4.69) is 10.7 Å². The Kier molecular flexibility index (Phi) is 5.08. The highest BCUT2D eigenvalue weighted by Gasteiger charge is 2.11. The zero-order valence-corrected chi connectivity index (χ0v) is 8.83. The summed E-state index contributed by atoms with van der Waals surface area (Å²) in [5.74, 6) is 5.95. The molecule has 1 saturated carbocycles. The predicted molar refractivity (Wildman–Crippen MR) is 59.1 cm³/mol. The monoisotopic (exact) mass is 201 g/mol. The van der Waals surface area contributed by atoms with Crippen LogP contribution in [0.2, 0.25) is 0 Å². The molecule has 0 heterocycles. The highest BCUT2D eigenvalue weighted by molar-refractivity contribution is 7.80. The van der Waals surface area contributed by atoms with Crippen molar-refractivity contribution in [3.05, 3.63) is 0 Å². The SMILES string of the molecule is NNC(=S)NCC1CCCCCC1. The third-order valence-corrected chi connectivity index (χ3v) is 2.92. The molecular formula is C9H19N3S. The van der Waals surface area contributed by atoms with E-state index in [4.69, 9.17) is 18.1 Å². The first-order valence-electron chi connectivity index (χ1n) is 5.07. The van der Waals surface area contributed by atoms with Crippen LogP contribution in [0.15, 0.2) is 0 Å². The van der Waals surface area contributed by atoms with E-state index in [0.717, 1.165) is 12.5 Å². The first-order valence-corrected chi connectivity index (χ1v) is 5.48. The summed E-state index contributed by atoms with van der Waals surface area (Å²) in [6.07, 6.45) is 8.21. The lowest BCUT2D eigenvalue weighted by atomic mass is 10.0. The maximum Gasteiger partial charge on any atom is 0.180 e. The van der Waals surface area contributed by atoms with Crippen molar-refractivity contribution in [3.63, 3.8) is 0 Å². The molecule has 0 aromatic heterocycles. The third kappa shape index (κ3) is 4.43. The van der Waals surface area contributed by atoms with E-state index >= 15 is 0 Å². The van der Waals surface area contributed by atoms with Crippen molar-refractivity contribution in [2.24, 2.45) is 11.8 Å². The zero-order valence-electron chi connectivity index (χ0n) is 8.01. The summed E-state index contributed by atoms with van der Waals surface area (Å²) < 4.78 is 0. The van der Waals surface area contributed by atoms with Gasteiger partial charge in [0.05, 0.1) is 0 Å². The summed E-state index contributed by atoms with van der Waals surface area (Å²) in [5, 5.41) is 3.68. The van der Waals surface area contributed by atoms with Crippen LogP contribution in [0, 0.1) is 5.92 Å². The average molecular weight is 201 g/mol. The Bertz CT molecular complexity index is 153. The van der Waals surface area contributed by atoms with Crippen molar-refractivity contribution in [3.8, 4) is 0 Å². The summed E-state index contributed by atoms with van der Waals surface area (Å²) in [6, 6.07) is 0. The zero-order chi connectivity index (χ0) is 9.52. The Hall–Kier alpha value is -0.350. The number of hydrogen-bond acceptors (Lipinski definition) is 2. The fourth-order valence-corrected chi connectivity index (χ4v) is 1.94. The summed E-state index contributed by atoms with van der Waals surface area (Å²) in [5.41, 5.74) is 2.44. The van der Waals surface area contributed by atoms with Gasteiger partial charge in [0.25, 0.3) is 0 Å². The predicted octanol–water partition coefficient (Wildman–Crippen LogP) is 1.29. The number of rotatable bonds is 2. The fraction of sp³-hybridized carbons (Fsp3) is 0.889. The molecule has 76 valence electrons. The molecular weight excluding hydrogens is 182 g/mol. The Balaban J connectivity index is 2.15. The minimum atomic E-state index is 0.559. The molecule has 0 atom stereocenters. The van der Waals surface area contributed by atoms with Crippen LogP contribution in [0.3, 0.4) is 0 Å². The van der Waals surface area contributed by atoms with E-state index in [-0.39, 0.29) is 0 Å². The summed E-state index contributed by atoms with van der Waals surface area (Å²) >= 11 is 4.91. The van der Waals surface area contributed by atoms with E-state index in [0.29, 0.717) is 5.11 Å². The molecule has 0 saturated heterocycles. The van der Waals surface area contributed by atoms with Gasteiger partial charge in [-0.25, -0.2) is 5.84 Å². The molecule has 1 fully saturated rings. The van der Waals surface area contributed by atoms with Gasteiger partial charge < -0.3 is 10.7 Å². The molecule has 3 nitrogen and oxygen atoms in total. The lowest BCUT2D eigenvalue weighted by molar-refractivity contribution is 0.453. The Labute approximate surface area is 85.4 Å². The van der Waals surface area contributed by atoms with E-state index in [1.54, 1.807) is 0 Å². The van der Waals surface area contributed by atoms with Gasteiger partial charge >= 0.3 is 0 Å². The molecule has 0 aromatic rings. The Morgan fingerprint density at radius 3 is 2.38 bits per heavy atom. The van der Waals surface area contributed by atoms with Crippen LogP contribution in [0.4, 0.5) is 0 Å². The van der Waals surface area contributed by atoms with E-state index in [1.165, 1.54) is 38.5 Å². The van der Waals surface area contributed by atoms with Crippen LogP contribution in [0.25, 0.3) is 0 Å². The average Bonchev–Trinajstić information content (AvgIpc) is 2.42. The smallest absolute Gasteiger partial charge is 0.180 e. The molecule has 0 unspecified atom stereocenters. The topological polar surface area (TPSA) is 50.1 Å². The van der Waals surface area contributed by atoms with Crippen LogP contribution in [-0.4, -0.2) is 11.7 Å². The molecule has 0 aromatic carbocycles. The van der Waals surface area contributed by atoms with Gasteiger partial charge in [-0.1, -0.05) is 25.7 Å². The molecule has 1 aliphatic carbocycles. The minimum Gasteiger partial charge on any atom is -0.361 e. The molecule has 1 rings (SSSR count). The first-order chi connectivity index (χ1) is 6.33. The summed E-state index contributed by atoms with van der Waals surface area (Å²) in [6.45, 7) is 0.975. The van der Waals surface area contributed by atoms with Crippen molar-refractivity contribution in [2.45, 2.75) is 38.5 Å². The van der Waals surface area contributed by atoms with Crippen molar-refractivity contribution in [1.82, 2.24) is 10.7 Å². The van der Waals surface area contributed by atoms with Gasteiger partial charge in [0.15, 0.2) is 5.11 Å². The highest BCUT2D eigenvalue weighted by atomic mass is 32.1. The second kappa shape index (κ2) is 6.16. The van der Waals surface area contributed by atoms with Crippen LogP contribution in [0.5, 0.6) is 0 Å². The molecule has 0 spiro atoms. The van der Waals surface area contributed by atoms with E-state index < -0.39 is 0 Å². The van der Waals surface area contributed by atoms with Gasteiger partial charge in [-0.2, -0.15) is 0 Å². The lowest BCUT2D eigenvalue weighted by Gasteiger charge is -2.15. The van der Waals surface area contributed by atoms with Crippen LogP contribution in [-0.2, 0) is 0 Å². The number of hydrazine groups is 1. The third-order valence-electron chi connectivity index (χ3n) is 2.66. The normalized spacial score (nSPS) is 19.2. The van der Waals surface area contributed by atoms with Crippen LogP contribution < -0.4 is 16.6 Å². The van der Waals surface area contributed by atoms with Crippen molar-refractivity contribution < 1.29 is 0 Å². The van der Waals surface area contributed by atoms with Gasteiger partial charge in [-0.05, 0) is 31.0 Å². The fourth-order valence-electron chi connectivity index (χ4n) is 1.86. The number of thiocarbonyl (C=S) groups is 1. The van der Waals surface area contributed by atoms with Crippen molar-refractivity contribution in [2.75, 3.05) is 6.54 Å². The summed E-state index contributed by atoms with van der Waals surface area (Å²) in [4.78, 5) is 0. The van der Waals surface area contributed by atoms with Crippen molar-refractivity contribution in [1.29, 1.82) is 0 Å². The number of nitrogens with two attached hydrogens (primary N) is 1. The molecule has 4 heteroatoms. The molecule has 0 bridgehead atoms. The maximum atomic E-state index is 5.16. The second-order valence-electron chi connectivity index (χ2n) is 3.71. The van der Waals surface area contributed by atoms with Crippen LogP contribution in [0.1, 0.15) is 38.5 Å². The second-order valence-corrected chi connectivity index (χ2v) is 4.12. The summed E-state index contributed by atoms with van der Waals surface area (Å²) in [7, 11) is 0. The van der Waals surface area contributed by atoms with Crippen LogP contribution >= 0.6 is 12.2 Å². The van der Waals surface area contributed by atoms with Gasteiger partial charge in [-0.3, -0.25) is 0 Å². The Morgan fingerprint density at radius 2 is 1.85 bits per heavy atom. The van der Waals surface area contributed by atoms with Gasteiger partial charge in [0.2, 0.25) is 0 Å². The van der Waals surface area contributed by atoms with Crippen molar-refractivity contribution >= 4 is 17.3 Å². The molecule has 0 amide bonds. The number of hydrogen-bond donors (Lipinski definition) is 3. The molecule has 0 radical (unpaired) electrons. The minimum absolute atomic E-state index is 0.559. The van der Waals surface area contributed by atoms with Gasteiger partial charge in [0, 0.05) is 6.54 Å². The van der Waals surface area contributed by atoms with Gasteiger partial charge in [0.1, 0.15) is 0 Å². The standard InChI is InChI=1S/C9H19N3S/c10-12-9(13)11-7-8-5-3-1-2-4-6-8/h8H,1-7,10H2,(H2,11,12,13).